The van der Waals surface area contributed by atoms with Crippen molar-refractivity contribution >= 4 is 18.4 Å². The molecule has 4 nitrogen and oxygen atoms in total. The summed E-state index contributed by atoms with van der Waals surface area (Å²) in [7, 11) is -5.78. The Bertz CT molecular complexity index is 430. The molecule has 0 aliphatic rings. The molecule has 0 atom stereocenters. The topological polar surface area (TPSA) is 63.6 Å². The molecular weight excluding hydrogens is 232 g/mol. The molecule has 84 valence electrons. The van der Waals surface area contributed by atoms with Crippen molar-refractivity contribution in [1.29, 1.82) is 0 Å². The molecule has 0 unspecified atom stereocenters. The van der Waals surface area contributed by atoms with Crippen LogP contribution in [-0.2, 0) is 10.1 Å². The van der Waals surface area contributed by atoms with Crippen LogP contribution in [-0.4, -0.2) is 21.3 Å². The molecule has 0 bridgehead atoms. The van der Waals surface area contributed by atoms with Gasteiger partial charge in [0.25, 0.3) is 10.1 Å². The smallest absolute Gasteiger partial charge is 0.294 e. The lowest BCUT2D eigenvalue weighted by atomic mass is 10.3. The summed E-state index contributed by atoms with van der Waals surface area (Å²) in [5, 5.41) is 0. The predicted octanol–water partition coefficient (Wildman–Crippen LogP) is 2.15. The minimum Gasteiger partial charge on any atom is -0.544 e. The first-order valence-corrected chi connectivity index (χ1v) is 9.30. The van der Waals surface area contributed by atoms with Crippen LogP contribution in [0.3, 0.4) is 0 Å². The Morgan fingerprint density at radius 1 is 1.13 bits per heavy atom. The fourth-order valence-corrected chi connectivity index (χ4v) is 2.36. The molecule has 0 aliphatic heterocycles. The van der Waals surface area contributed by atoms with Crippen molar-refractivity contribution in [3.63, 3.8) is 0 Å². The highest BCUT2D eigenvalue weighted by molar-refractivity contribution is 7.85. The van der Waals surface area contributed by atoms with Gasteiger partial charge in [-0.2, -0.15) is 8.42 Å². The van der Waals surface area contributed by atoms with Gasteiger partial charge in [0.15, 0.2) is 0 Å². The van der Waals surface area contributed by atoms with Gasteiger partial charge in [0, 0.05) is 0 Å². The molecule has 6 heteroatoms. The van der Waals surface area contributed by atoms with Crippen LogP contribution in [0.2, 0.25) is 19.6 Å². The second-order valence-corrected chi connectivity index (χ2v) is 10.0. The maximum absolute atomic E-state index is 10.8. The Morgan fingerprint density at radius 3 is 1.93 bits per heavy atom. The lowest BCUT2D eigenvalue weighted by molar-refractivity contribution is 0.483. The van der Waals surface area contributed by atoms with Gasteiger partial charge in [-0.3, -0.25) is 4.55 Å². The van der Waals surface area contributed by atoms with E-state index in [-0.39, 0.29) is 4.90 Å². The standard InChI is InChI=1S/C9H14O4SSi/c1-15(2,3)13-8-4-6-9(7-5-8)14(10,11)12/h4-7H,1-3H3,(H,10,11,12). The predicted molar refractivity (Wildman–Crippen MR) is 60.2 cm³/mol. The monoisotopic (exact) mass is 246 g/mol. The fraction of sp³-hybridized carbons (Fsp3) is 0.333. The Hall–Kier alpha value is -0.853. The first-order chi connectivity index (χ1) is 6.68. The van der Waals surface area contributed by atoms with E-state index in [1.165, 1.54) is 12.1 Å². The highest BCUT2D eigenvalue weighted by Crippen LogP contribution is 2.18. The molecule has 1 rings (SSSR count). The van der Waals surface area contributed by atoms with Gasteiger partial charge in [0.2, 0.25) is 8.32 Å². The van der Waals surface area contributed by atoms with Crippen LogP contribution >= 0.6 is 0 Å². The van der Waals surface area contributed by atoms with Gasteiger partial charge in [-0.05, 0) is 43.9 Å². The highest BCUT2D eigenvalue weighted by atomic mass is 32.2. The molecule has 1 N–H and O–H groups in total. The summed E-state index contributed by atoms with van der Waals surface area (Å²) in [6.45, 7) is 6.09. The summed E-state index contributed by atoms with van der Waals surface area (Å²) in [5.74, 6) is 0.626. The molecule has 0 aromatic heterocycles. The molecule has 1 aromatic rings. The third kappa shape index (κ3) is 4.02. The third-order valence-electron chi connectivity index (χ3n) is 1.55. The largest absolute Gasteiger partial charge is 0.544 e. The van der Waals surface area contributed by atoms with Gasteiger partial charge in [-0.1, -0.05) is 0 Å². The highest BCUT2D eigenvalue weighted by Gasteiger charge is 2.16. The average Bonchev–Trinajstić information content (AvgIpc) is 2.00. The molecule has 15 heavy (non-hydrogen) atoms. The maximum Gasteiger partial charge on any atom is 0.294 e. The van der Waals surface area contributed by atoms with Crippen molar-refractivity contribution in [2.24, 2.45) is 0 Å². The van der Waals surface area contributed by atoms with Crippen molar-refractivity contribution in [1.82, 2.24) is 0 Å². The van der Waals surface area contributed by atoms with E-state index in [2.05, 4.69) is 0 Å². The molecule has 0 amide bonds. The van der Waals surface area contributed by atoms with Gasteiger partial charge in [-0.15, -0.1) is 0 Å². The van der Waals surface area contributed by atoms with Crippen LogP contribution < -0.4 is 4.43 Å². The number of hydrogen-bond donors (Lipinski definition) is 1. The molecule has 0 radical (unpaired) electrons. The van der Waals surface area contributed by atoms with Crippen molar-refractivity contribution in [3.8, 4) is 5.75 Å². The molecule has 0 saturated carbocycles. The maximum atomic E-state index is 10.8. The molecule has 0 heterocycles. The Kier molecular flexibility index (Phi) is 3.22. The van der Waals surface area contributed by atoms with Gasteiger partial charge in [-0.25, -0.2) is 0 Å². The zero-order chi connectivity index (χ0) is 11.7. The van der Waals surface area contributed by atoms with E-state index in [9.17, 15) is 8.42 Å². The van der Waals surface area contributed by atoms with E-state index >= 15 is 0 Å². The average molecular weight is 246 g/mol. The minimum absolute atomic E-state index is 0.120. The van der Waals surface area contributed by atoms with E-state index in [0.29, 0.717) is 5.75 Å². The SMILES string of the molecule is C[Si](C)(C)Oc1ccc(S(=O)(=O)O)cc1. The summed E-state index contributed by atoms with van der Waals surface area (Å²) in [5.41, 5.74) is 0. The number of hydrogen-bond acceptors (Lipinski definition) is 3. The second-order valence-electron chi connectivity index (χ2n) is 4.16. The van der Waals surface area contributed by atoms with Crippen LogP contribution in [0.1, 0.15) is 0 Å². The van der Waals surface area contributed by atoms with Crippen LogP contribution in [0.25, 0.3) is 0 Å². The van der Waals surface area contributed by atoms with Crippen molar-refractivity contribution in [3.05, 3.63) is 24.3 Å². The Morgan fingerprint density at radius 2 is 1.60 bits per heavy atom. The first kappa shape index (κ1) is 12.2. The number of rotatable bonds is 3. The molecule has 0 fully saturated rings. The van der Waals surface area contributed by atoms with E-state index < -0.39 is 18.4 Å². The van der Waals surface area contributed by atoms with E-state index in [4.69, 9.17) is 8.98 Å². The summed E-state index contributed by atoms with van der Waals surface area (Å²) < 4.78 is 35.9. The Balaban J connectivity index is 2.92. The number of benzene rings is 1. The van der Waals surface area contributed by atoms with Gasteiger partial charge >= 0.3 is 0 Å². The van der Waals surface area contributed by atoms with Crippen molar-refractivity contribution in [2.75, 3.05) is 0 Å². The van der Waals surface area contributed by atoms with Crippen molar-refractivity contribution < 1.29 is 17.4 Å². The van der Waals surface area contributed by atoms with Crippen LogP contribution in [0.5, 0.6) is 5.75 Å². The Labute approximate surface area is 90.8 Å². The third-order valence-corrected chi connectivity index (χ3v) is 3.26. The quantitative estimate of drug-likeness (QED) is 0.655. The molecule has 1 aromatic carbocycles. The first-order valence-electron chi connectivity index (χ1n) is 4.45. The zero-order valence-corrected chi connectivity index (χ0v) is 10.7. The summed E-state index contributed by atoms with van der Waals surface area (Å²) in [6, 6.07) is 5.73. The molecule has 0 saturated heterocycles. The minimum atomic E-state index is -4.11. The lowest BCUT2D eigenvalue weighted by Crippen LogP contribution is -2.29. The molecule has 0 aliphatic carbocycles. The van der Waals surface area contributed by atoms with Gasteiger partial charge < -0.3 is 4.43 Å². The van der Waals surface area contributed by atoms with Crippen LogP contribution in [0, 0.1) is 0 Å². The van der Waals surface area contributed by atoms with E-state index in [1.54, 1.807) is 12.1 Å². The summed E-state index contributed by atoms with van der Waals surface area (Å²) in [6.07, 6.45) is 0. The molecular formula is C9H14O4SSi. The fourth-order valence-electron chi connectivity index (χ4n) is 1.03. The van der Waals surface area contributed by atoms with Crippen LogP contribution in [0.4, 0.5) is 0 Å². The lowest BCUT2D eigenvalue weighted by Gasteiger charge is -2.18. The zero-order valence-electron chi connectivity index (χ0n) is 8.89. The second kappa shape index (κ2) is 3.95. The van der Waals surface area contributed by atoms with Gasteiger partial charge in [0.05, 0.1) is 4.90 Å². The van der Waals surface area contributed by atoms with E-state index in [0.717, 1.165) is 0 Å². The van der Waals surface area contributed by atoms with E-state index in [1.807, 2.05) is 19.6 Å². The normalized spacial score (nSPS) is 12.5. The van der Waals surface area contributed by atoms with Crippen LogP contribution in [0.15, 0.2) is 29.2 Å². The summed E-state index contributed by atoms with van der Waals surface area (Å²) >= 11 is 0. The van der Waals surface area contributed by atoms with Gasteiger partial charge in [0.1, 0.15) is 5.75 Å². The van der Waals surface area contributed by atoms with Crippen molar-refractivity contribution in [2.45, 2.75) is 24.5 Å². The molecule has 0 spiro atoms. The summed E-state index contributed by atoms with van der Waals surface area (Å²) in [4.78, 5) is -0.120.